The molecule has 8 rings (SSSR count). The van der Waals surface area contributed by atoms with E-state index < -0.39 is 138 Å². The minimum Gasteiger partial charge on any atom is -0.478 e. The number of amides is 5. The first-order valence-electron chi connectivity index (χ1n) is 26.4. The van der Waals surface area contributed by atoms with E-state index in [-0.39, 0.29) is 62.4 Å². The van der Waals surface area contributed by atoms with Gasteiger partial charge in [-0.05, 0) is 65.6 Å². The van der Waals surface area contributed by atoms with E-state index in [4.69, 9.17) is 4.74 Å². The third-order valence-corrected chi connectivity index (χ3v) is 15.6. The number of benzene rings is 3. The molecule has 3 atom stereocenters. The Morgan fingerprint density at radius 3 is 1.84 bits per heavy atom. The van der Waals surface area contributed by atoms with E-state index in [1.54, 1.807) is 73.1 Å². The van der Waals surface area contributed by atoms with Crippen LogP contribution in [0.1, 0.15) is 73.4 Å². The first-order valence-corrected chi connectivity index (χ1v) is 31.2. The summed E-state index contributed by atoms with van der Waals surface area (Å²) in [6.45, 7) is 0.791. The molecule has 5 heterocycles. The largest absolute Gasteiger partial charge is 0.478 e. The van der Waals surface area contributed by atoms with Crippen LogP contribution in [-0.2, 0) is 73.5 Å². The minimum absolute atomic E-state index is 0.0314. The Hall–Kier alpha value is -9.21. The van der Waals surface area contributed by atoms with Gasteiger partial charge in [-0.25, -0.2) is 14.6 Å². The van der Waals surface area contributed by atoms with Gasteiger partial charge in [-0.1, -0.05) is 18.2 Å². The van der Waals surface area contributed by atoms with Gasteiger partial charge in [-0.3, -0.25) is 57.2 Å². The fourth-order valence-electron chi connectivity index (χ4n) is 9.43. The molecule has 1 fully saturated rings. The molecule has 29 nitrogen and oxygen atoms in total. The van der Waals surface area contributed by atoms with Crippen LogP contribution in [0.3, 0.4) is 0 Å². The number of nitrogens with zero attached hydrogens (tertiary/aromatic N) is 3. The predicted octanol–water partition coefficient (Wildman–Crippen LogP) is -0.945. The standard InChI is InChI=1S/C49H49N7O17S3.C6H7NO4/c57-41-6-3-13-54-45(59)11-18-52-37-23-43-35(21-33(37)28-7-14-50-15-8-28)47(31-4-1-2-5-32(31)49(62)63)36-22-34(29-9-16-51-17-10-29)38(24-44(36)73-43)53-19-12-46(60)55-40(27-76(70,71)72)42(58)20-30(25-74(64,65)66)48(61)56-39(41)26-75(67,68)69;1-4(8)11-7-5(9)2-3-6(7)10/h1-2,4-5,7-10,14-17,21-24,30,39-40,53H,3,6,11-13,18-20,25-27H2,(H,54,59)(H,55,60)(H,56,61)(H,62,63)(H,64,65,66)(H,67,68,69)(H,70,71,72);2-3H2,1H3/p+1. The Bertz CT molecular complexity index is 4020. The average Bonchev–Trinajstić information content (AvgIpc) is 1.11. The number of ketones is 2. The summed E-state index contributed by atoms with van der Waals surface area (Å²) in [5.74, 6) is -14.2. The van der Waals surface area contributed by atoms with Crippen LogP contribution >= 0.6 is 0 Å². The number of anilines is 1. The van der Waals surface area contributed by atoms with Gasteiger partial charge in [-0.15, -0.1) is 5.06 Å². The highest BCUT2D eigenvalue weighted by Gasteiger charge is 2.36. The van der Waals surface area contributed by atoms with E-state index in [0.29, 0.717) is 60.3 Å². The van der Waals surface area contributed by atoms with Gasteiger partial charge in [-0.2, -0.15) is 25.3 Å². The number of Topliss-reactive ketones (excluding diaryl/α,β-unsaturated/α-hetero) is 2. The van der Waals surface area contributed by atoms with Gasteiger partial charge < -0.3 is 35.9 Å². The van der Waals surface area contributed by atoms with Crippen molar-refractivity contribution in [3.05, 3.63) is 125 Å². The van der Waals surface area contributed by atoms with Gasteiger partial charge in [0.1, 0.15) is 41.6 Å². The van der Waals surface area contributed by atoms with E-state index in [1.807, 2.05) is 11.4 Å². The average molecular weight is 1260 g/mol. The summed E-state index contributed by atoms with van der Waals surface area (Å²) in [5, 5.41) is 21.9. The predicted molar refractivity (Wildman–Crippen MR) is 303 cm³/mol. The van der Waals surface area contributed by atoms with Crippen molar-refractivity contribution in [3.63, 3.8) is 0 Å². The van der Waals surface area contributed by atoms with Gasteiger partial charge in [0.05, 0.1) is 35.3 Å². The number of imide groups is 1. The van der Waals surface area contributed by atoms with Crippen LogP contribution in [0.25, 0.3) is 27.8 Å². The summed E-state index contributed by atoms with van der Waals surface area (Å²) >= 11 is 0. The second kappa shape index (κ2) is 28.3. The van der Waals surface area contributed by atoms with Crippen LogP contribution < -0.4 is 41.6 Å². The molecule has 1 saturated heterocycles. The number of ether oxygens (including phenoxy) is 1. The number of hydrogen-bond acceptors (Lipinski definition) is 20. The Labute approximate surface area is 495 Å². The number of hydroxylamine groups is 2. The fraction of sp³-hybridized carbons (Fsp3) is 0.309. The molecule has 460 valence electrons. The molecule has 3 aromatic carbocycles. The number of aromatic carboxylic acids is 1. The number of hydrogen-bond donors (Lipinski definition) is 9. The lowest BCUT2D eigenvalue weighted by atomic mass is 9.87. The highest BCUT2D eigenvalue weighted by Crippen LogP contribution is 2.43. The number of pyridine rings is 2. The molecule has 0 radical (unpaired) electrons. The Kier molecular flexibility index (Phi) is 21.3. The van der Waals surface area contributed by atoms with Crippen molar-refractivity contribution in [2.75, 3.05) is 42.2 Å². The lowest BCUT2D eigenvalue weighted by Gasteiger charge is -2.25. The molecule has 4 bridgehead atoms. The minimum atomic E-state index is -5.15. The van der Waals surface area contributed by atoms with Crippen LogP contribution in [0.15, 0.2) is 97.6 Å². The highest BCUT2D eigenvalue weighted by atomic mass is 32.2. The van der Waals surface area contributed by atoms with Crippen molar-refractivity contribution in [2.45, 2.75) is 64.0 Å². The van der Waals surface area contributed by atoms with Gasteiger partial charge >= 0.3 is 11.9 Å². The quantitative estimate of drug-likeness (QED) is 0.0558. The molecule has 3 aliphatic rings. The number of aromatic nitrogens is 2. The van der Waals surface area contributed by atoms with Gasteiger partial charge in [0.2, 0.25) is 23.1 Å². The van der Waals surface area contributed by atoms with Crippen LogP contribution in [0.5, 0.6) is 11.5 Å². The summed E-state index contributed by atoms with van der Waals surface area (Å²) in [5.41, 5.74) is 3.98. The normalized spacial score (nSPS) is 18.5. The molecule has 32 heteroatoms. The number of carbonyl (C=O) groups excluding carboxylic acids is 8. The van der Waals surface area contributed by atoms with Crippen LogP contribution in [0.2, 0.25) is 0 Å². The molecule has 87 heavy (non-hydrogen) atoms. The van der Waals surface area contributed by atoms with E-state index in [1.165, 1.54) is 18.5 Å². The summed E-state index contributed by atoms with van der Waals surface area (Å²) < 4.78 is 108. The number of fused-ring (bicyclic) bond motifs is 2. The smallest absolute Gasteiger partial charge is 0.336 e. The molecule has 3 unspecified atom stereocenters. The summed E-state index contributed by atoms with van der Waals surface area (Å²) in [4.78, 5) is 128. The topological polar surface area (TPSA) is 447 Å². The zero-order chi connectivity index (χ0) is 63.4. The summed E-state index contributed by atoms with van der Waals surface area (Å²) in [6.07, 6.45) is 3.94. The molecule has 0 saturated carbocycles. The molecule has 9 N–H and O–H groups in total. The molecule has 5 amide bonds. The molecular weight excluding hydrogens is 1200 g/mol. The van der Waals surface area contributed by atoms with Gasteiger partial charge in [0.25, 0.3) is 42.2 Å². The van der Waals surface area contributed by atoms with E-state index in [0.717, 1.165) is 6.92 Å². The van der Waals surface area contributed by atoms with E-state index in [2.05, 4.69) is 35.7 Å². The maximum absolute atomic E-state index is 13.7. The number of carboxylic acids is 1. The molecule has 3 aliphatic heterocycles. The van der Waals surface area contributed by atoms with Crippen molar-refractivity contribution < 1.29 is 102 Å². The lowest BCUT2D eigenvalue weighted by molar-refractivity contribution is -0.498. The lowest BCUT2D eigenvalue weighted by Crippen LogP contribution is -2.77. The summed E-state index contributed by atoms with van der Waals surface area (Å²) in [7, 11) is -15.3. The van der Waals surface area contributed by atoms with Crippen LogP contribution in [0, 0.1) is 5.92 Å². The zero-order valence-corrected chi connectivity index (χ0v) is 48.4. The molecule has 0 aliphatic carbocycles. The Morgan fingerprint density at radius 1 is 0.644 bits per heavy atom. The van der Waals surface area contributed by atoms with Crippen molar-refractivity contribution in [2.24, 2.45) is 5.92 Å². The Morgan fingerprint density at radius 2 is 1.24 bits per heavy atom. The molecular formula is C55H57N8O21S3+. The zero-order valence-electron chi connectivity index (χ0n) is 46.0. The fourth-order valence-corrected chi connectivity index (χ4v) is 11.6. The first-order chi connectivity index (χ1) is 41.0. The van der Waals surface area contributed by atoms with Crippen LogP contribution in [-0.4, -0.2) is 161 Å². The molecule has 0 spiro atoms. The third-order valence-electron chi connectivity index (χ3n) is 13.3. The van der Waals surface area contributed by atoms with Gasteiger partial charge in [0.15, 0.2) is 11.6 Å². The van der Waals surface area contributed by atoms with Crippen LogP contribution in [0.4, 0.5) is 5.69 Å². The van der Waals surface area contributed by atoms with Crippen molar-refractivity contribution in [3.8, 4) is 33.8 Å². The van der Waals surface area contributed by atoms with Crippen molar-refractivity contribution in [1.29, 1.82) is 0 Å². The highest BCUT2D eigenvalue weighted by molar-refractivity contribution is 7.86. The maximum Gasteiger partial charge on any atom is 0.336 e. The van der Waals surface area contributed by atoms with Crippen molar-refractivity contribution >= 4 is 94.7 Å². The Balaban J connectivity index is 0.000000883. The number of carboxylic acid groups (broad SMARTS) is 1. The first kappa shape index (κ1) is 65.3. The molecule has 5 aromatic rings. The monoisotopic (exact) mass is 1260 g/mol. The number of rotatable bonds is 11. The summed E-state index contributed by atoms with van der Waals surface area (Å²) in [6, 6.07) is 16.0. The second-order valence-electron chi connectivity index (χ2n) is 19.8. The number of nitrogens with one attached hydrogen (secondary N) is 5. The third kappa shape index (κ3) is 18.4. The van der Waals surface area contributed by atoms with E-state index >= 15 is 0 Å². The maximum atomic E-state index is 13.7. The van der Waals surface area contributed by atoms with E-state index in [9.17, 15) is 87.2 Å². The second-order valence-corrected chi connectivity index (χ2v) is 24.3. The van der Waals surface area contributed by atoms with Crippen molar-refractivity contribution in [1.82, 2.24) is 31.0 Å². The molecule has 2 aromatic heterocycles. The van der Waals surface area contributed by atoms with Gasteiger partial charge in [0, 0.05) is 111 Å². The SMILES string of the molecule is CC(=O)ON1C(=O)CCC1=O.O=C1CC[NH+]=c2cc3c(cc2-c2ccncc2)=C(c2ccccc2C(=O)O)c2cc(-c4ccncc4)c(cc2O3)NCCC(=O)NC(CS(=O)(=O)O)C(=O)CC(CS(=O)(=O)O)C(=O)NC(CS(=O)(=O)O)C(=O)CCCN1. The number of carbonyl (C=O) groups is 9.